The predicted octanol–water partition coefficient (Wildman–Crippen LogP) is 3.83. The van der Waals surface area contributed by atoms with Gasteiger partial charge in [0.2, 0.25) is 8.32 Å². The topological polar surface area (TPSA) is 9.23 Å². The molecule has 0 saturated heterocycles. The number of benzene rings is 1. The van der Waals surface area contributed by atoms with Crippen molar-refractivity contribution in [2.24, 2.45) is 0 Å². The molecule has 2 rings (SSSR count). The van der Waals surface area contributed by atoms with Crippen LogP contribution in [0.15, 0.2) is 29.8 Å². The van der Waals surface area contributed by atoms with Gasteiger partial charge in [0.1, 0.15) is 5.76 Å². The molecule has 0 N–H and O–H groups in total. The molecule has 0 unspecified atom stereocenters. The molecule has 1 aromatic carbocycles. The first kappa shape index (κ1) is 10.5. The predicted molar refractivity (Wildman–Crippen MR) is 67.2 cm³/mol. The average molecular weight is 218 g/mol. The van der Waals surface area contributed by atoms with Crippen molar-refractivity contribution in [3.63, 3.8) is 0 Å². The summed E-state index contributed by atoms with van der Waals surface area (Å²) in [6.07, 6.45) is 1.05. The van der Waals surface area contributed by atoms with Crippen molar-refractivity contribution < 1.29 is 4.43 Å². The van der Waals surface area contributed by atoms with Gasteiger partial charge < -0.3 is 4.43 Å². The summed E-state index contributed by atoms with van der Waals surface area (Å²) < 4.78 is 6.16. The van der Waals surface area contributed by atoms with Crippen molar-refractivity contribution in [2.45, 2.75) is 33.0 Å². The van der Waals surface area contributed by atoms with Crippen molar-refractivity contribution in [1.29, 1.82) is 0 Å². The van der Waals surface area contributed by atoms with E-state index in [9.17, 15) is 0 Å². The van der Waals surface area contributed by atoms with E-state index in [0.717, 1.165) is 12.2 Å². The lowest BCUT2D eigenvalue weighted by molar-refractivity contribution is 0.512. The zero-order valence-electron chi connectivity index (χ0n) is 9.92. The van der Waals surface area contributed by atoms with E-state index in [4.69, 9.17) is 4.43 Å². The highest BCUT2D eigenvalue weighted by molar-refractivity contribution is 6.70. The van der Waals surface area contributed by atoms with E-state index in [2.05, 4.69) is 50.8 Å². The lowest BCUT2D eigenvalue weighted by Crippen LogP contribution is -2.24. The average Bonchev–Trinajstić information content (AvgIpc) is 2.41. The summed E-state index contributed by atoms with van der Waals surface area (Å²) >= 11 is 0. The van der Waals surface area contributed by atoms with Crippen LogP contribution in [0.2, 0.25) is 19.6 Å². The Labute approximate surface area is 92.9 Å². The number of allylic oxidation sites excluding steroid dienone is 1. The molecule has 2 heteroatoms. The number of rotatable bonds is 2. The maximum Gasteiger partial charge on any atom is 0.242 e. The highest BCUT2D eigenvalue weighted by atomic mass is 28.4. The Bertz CT molecular complexity index is 413. The summed E-state index contributed by atoms with van der Waals surface area (Å²) in [7, 11) is -1.49. The molecule has 80 valence electrons. The minimum atomic E-state index is -1.49. The van der Waals surface area contributed by atoms with Gasteiger partial charge in [-0.15, -0.1) is 0 Å². The summed E-state index contributed by atoms with van der Waals surface area (Å²) in [5.41, 5.74) is 4.08. The summed E-state index contributed by atoms with van der Waals surface area (Å²) in [5, 5.41) is 0. The van der Waals surface area contributed by atoms with Crippen molar-refractivity contribution >= 4 is 14.1 Å². The molecule has 0 saturated carbocycles. The normalized spacial score (nSPS) is 15.5. The standard InChI is InChI=1S/C13H18OSi/c1-10-9-11-7-5-6-8-12(11)13(10)14-15(2,3)4/h5-8H,9H2,1-4H3. The highest BCUT2D eigenvalue weighted by Gasteiger charge is 2.25. The molecule has 0 aliphatic heterocycles. The lowest BCUT2D eigenvalue weighted by atomic mass is 10.1. The molecular weight excluding hydrogens is 200 g/mol. The summed E-state index contributed by atoms with van der Waals surface area (Å²) in [5.74, 6) is 1.14. The Balaban J connectivity index is 2.36. The quantitative estimate of drug-likeness (QED) is 0.686. The molecule has 0 atom stereocenters. The van der Waals surface area contributed by atoms with E-state index >= 15 is 0 Å². The van der Waals surface area contributed by atoms with Crippen molar-refractivity contribution in [3.05, 3.63) is 41.0 Å². The fourth-order valence-electron chi connectivity index (χ4n) is 1.94. The third-order valence-corrected chi connectivity index (χ3v) is 3.33. The molecule has 1 aromatic rings. The van der Waals surface area contributed by atoms with E-state index in [1.807, 2.05) is 0 Å². The largest absolute Gasteiger partial charge is 0.544 e. The van der Waals surface area contributed by atoms with Gasteiger partial charge in [0.25, 0.3) is 0 Å². The second-order valence-electron chi connectivity index (χ2n) is 5.16. The van der Waals surface area contributed by atoms with Crippen LogP contribution in [0.3, 0.4) is 0 Å². The third-order valence-electron chi connectivity index (χ3n) is 2.51. The molecular formula is C13H18OSi. The van der Waals surface area contributed by atoms with Gasteiger partial charge in [-0.1, -0.05) is 24.3 Å². The van der Waals surface area contributed by atoms with Gasteiger partial charge >= 0.3 is 0 Å². The Hall–Kier alpha value is -1.02. The molecule has 0 amide bonds. The molecule has 1 aliphatic rings. The summed E-state index contributed by atoms with van der Waals surface area (Å²) in [6, 6.07) is 8.55. The number of fused-ring (bicyclic) bond motifs is 1. The summed E-state index contributed by atoms with van der Waals surface area (Å²) in [4.78, 5) is 0. The van der Waals surface area contributed by atoms with Crippen molar-refractivity contribution in [2.75, 3.05) is 0 Å². The highest BCUT2D eigenvalue weighted by Crippen LogP contribution is 2.34. The Morgan fingerprint density at radius 1 is 1.13 bits per heavy atom. The number of hydrogen-bond donors (Lipinski definition) is 0. The molecule has 0 bridgehead atoms. The SMILES string of the molecule is CC1=C(O[Si](C)(C)C)c2ccccc2C1. The minimum Gasteiger partial charge on any atom is -0.544 e. The van der Waals surface area contributed by atoms with E-state index in [1.165, 1.54) is 16.7 Å². The van der Waals surface area contributed by atoms with Crippen LogP contribution >= 0.6 is 0 Å². The van der Waals surface area contributed by atoms with Crippen molar-refractivity contribution in [1.82, 2.24) is 0 Å². The van der Waals surface area contributed by atoms with Gasteiger partial charge in [0.05, 0.1) is 0 Å². The van der Waals surface area contributed by atoms with Crippen molar-refractivity contribution in [3.8, 4) is 0 Å². The van der Waals surface area contributed by atoms with Gasteiger partial charge in [-0.2, -0.15) is 0 Å². The molecule has 0 radical (unpaired) electrons. The monoisotopic (exact) mass is 218 g/mol. The lowest BCUT2D eigenvalue weighted by Gasteiger charge is -2.21. The Kier molecular flexibility index (Phi) is 2.47. The van der Waals surface area contributed by atoms with Crippen LogP contribution in [-0.2, 0) is 10.8 Å². The second kappa shape index (κ2) is 3.53. The number of hydrogen-bond acceptors (Lipinski definition) is 1. The molecule has 1 nitrogen and oxygen atoms in total. The van der Waals surface area contributed by atoms with Crippen LogP contribution in [0, 0.1) is 0 Å². The fraction of sp³-hybridized carbons (Fsp3) is 0.385. The van der Waals surface area contributed by atoms with E-state index in [-0.39, 0.29) is 0 Å². The Morgan fingerprint density at radius 2 is 1.80 bits per heavy atom. The van der Waals surface area contributed by atoms with E-state index in [0.29, 0.717) is 0 Å². The first-order valence-corrected chi connectivity index (χ1v) is 8.85. The molecule has 0 aromatic heterocycles. The fourth-order valence-corrected chi connectivity index (χ4v) is 2.84. The van der Waals surface area contributed by atoms with Gasteiger partial charge in [0.15, 0.2) is 0 Å². The zero-order chi connectivity index (χ0) is 11.1. The van der Waals surface area contributed by atoms with Gasteiger partial charge in [0, 0.05) is 5.56 Å². The third kappa shape index (κ3) is 2.15. The van der Waals surface area contributed by atoms with Crippen LogP contribution in [0.1, 0.15) is 18.1 Å². The van der Waals surface area contributed by atoms with Crippen LogP contribution in [0.4, 0.5) is 0 Å². The first-order valence-electron chi connectivity index (χ1n) is 5.44. The molecule has 0 spiro atoms. The maximum absolute atomic E-state index is 6.16. The zero-order valence-corrected chi connectivity index (χ0v) is 10.9. The molecule has 0 fully saturated rings. The first-order chi connectivity index (χ1) is 6.97. The maximum atomic E-state index is 6.16. The summed E-state index contributed by atoms with van der Waals surface area (Å²) in [6.45, 7) is 8.87. The van der Waals surface area contributed by atoms with Gasteiger partial charge in [-0.3, -0.25) is 0 Å². The van der Waals surface area contributed by atoms with Crippen LogP contribution < -0.4 is 0 Å². The molecule has 0 heterocycles. The van der Waals surface area contributed by atoms with E-state index < -0.39 is 8.32 Å². The van der Waals surface area contributed by atoms with Crippen LogP contribution in [0.25, 0.3) is 5.76 Å². The van der Waals surface area contributed by atoms with Gasteiger partial charge in [-0.05, 0) is 44.1 Å². The van der Waals surface area contributed by atoms with Gasteiger partial charge in [-0.25, -0.2) is 0 Å². The van der Waals surface area contributed by atoms with Crippen LogP contribution in [-0.4, -0.2) is 8.32 Å². The molecule has 1 aliphatic carbocycles. The second-order valence-corrected chi connectivity index (χ2v) is 9.59. The van der Waals surface area contributed by atoms with Crippen LogP contribution in [0.5, 0.6) is 0 Å². The molecule has 15 heavy (non-hydrogen) atoms. The van der Waals surface area contributed by atoms with E-state index in [1.54, 1.807) is 0 Å². The Morgan fingerprint density at radius 3 is 2.47 bits per heavy atom. The minimum absolute atomic E-state index is 1.05. The smallest absolute Gasteiger partial charge is 0.242 e.